The normalized spacial score (nSPS) is 26.5. The summed E-state index contributed by atoms with van der Waals surface area (Å²) in [5, 5.41) is 22.3. The molecular weight excluding hydrogens is 214 g/mol. The van der Waals surface area contributed by atoms with Gasteiger partial charge in [-0.1, -0.05) is 26.0 Å². The molecular formula is C14H21NO2. The quantitative estimate of drug-likeness (QED) is 0.744. The molecule has 0 saturated heterocycles. The van der Waals surface area contributed by atoms with Gasteiger partial charge in [-0.15, -0.1) is 0 Å². The second-order valence-electron chi connectivity index (χ2n) is 5.50. The van der Waals surface area contributed by atoms with Gasteiger partial charge in [0.15, 0.2) is 0 Å². The first kappa shape index (κ1) is 12.4. The van der Waals surface area contributed by atoms with Crippen molar-refractivity contribution < 1.29 is 10.2 Å². The van der Waals surface area contributed by atoms with Gasteiger partial charge in [0.1, 0.15) is 5.75 Å². The molecule has 3 heteroatoms. The Kier molecular flexibility index (Phi) is 3.40. The number of aliphatic hydroxyl groups excluding tert-OH is 1. The van der Waals surface area contributed by atoms with E-state index in [1.807, 2.05) is 12.1 Å². The van der Waals surface area contributed by atoms with Crippen LogP contribution in [-0.4, -0.2) is 28.9 Å². The van der Waals surface area contributed by atoms with E-state index < -0.39 is 0 Å². The monoisotopic (exact) mass is 235 g/mol. The van der Waals surface area contributed by atoms with Gasteiger partial charge in [0.2, 0.25) is 0 Å². The van der Waals surface area contributed by atoms with Gasteiger partial charge in [0, 0.05) is 11.5 Å². The van der Waals surface area contributed by atoms with Crippen molar-refractivity contribution in [3.63, 3.8) is 0 Å². The Morgan fingerprint density at radius 3 is 2.47 bits per heavy atom. The lowest BCUT2D eigenvalue weighted by Crippen LogP contribution is -2.60. The third kappa shape index (κ3) is 2.61. The minimum Gasteiger partial charge on any atom is -0.508 e. The van der Waals surface area contributed by atoms with Gasteiger partial charge in [-0.3, -0.25) is 0 Å². The van der Waals surface area contributed by atoms with Crippen molar-refractivity contribution in [1.29, 1.82) is 0 Å². The van der Waals surface area contributed by atoms with E-state index in [-0.39, 0.29) is 11.5 Å². The van der Waals surface area contributed by atoms with Gasteiger partial charge < -0.3 is 15.5 Å². The second kappa shape index (κ2) is 4.67. The molecule has 1 fully saturated rings. The van der Waals surface area contributed by atoms with Crippen LogP contribution in [0.15, 0.2) is 24.3 Å². The van der Waals surface area contributed by atoms with Crippen LogP contribution in [0.2, 0.25) is 0 Å². The van der Waals surface area contributed by atoms with Gasteiger partial charge in [-0.2, -0.15) is 0 Å². The molecule has 1 aliphatic carbocycles. The van der Waals surface area contributed by atoms with E-state index in [1.165, 1.54) is 5.56 Å². The van der Waals surface area contributed by atoms with Crippen LogP contribution in [0.25, 0.3) is 0 Å². The molecule has 0 radical (unpaired) electrons. The number of benzene rings is 1. The highest BCUT2D eigenvalue weighted by Crippen LogP contribution is 2.40. The number of nitrogens with one attached hydrogen (secondary N) is 1. The van der Waals surface area contributed by atoms with Gasteiger partial charge >= 0.3 is 0 Å². The van der Waals surface area contributed by atoms with Crippen molar-refractivity contribution in [3.8, 4) is 5.75 Å². The van der Waals surface area contributed by atoms with Crippen molar-refractivity contribution in [2.75, 3.05) is 6.54 Å². The molecule has 2 unspecified atom stereocenters. The predicted molar refractivity (Wildman–Crippen MR) is 68.0 cm³/mol. The molecule has 17 heavy (non-hydrogen) atoms. The van der Waals surface area contributed by atoms with Crippen molar-refractivity contribution in [2.45, 2.75) is 38.8 Å². The number of hydrogen-bond acceptors (Lipinski definition) is 3. The summed E-state index contributed by atoms with van der Waals surface area (Å²) in [6.45, 7) is 5.10. The van der Waals surface area contributed by atoms with Crippen LogP contribution in [-0.2, 0) is 6.42 Å². The lowest BCUT2D eigenvalue weighted by atomic mass is 9.64. The molecule has 0 aliphatic heterocycles. The molecule has 1 aromatic rings. The number of phenols is 1. The SMILES string of the molecule is CC1(C)C(O)CC1NCCc1ccc(O)cc1. The summed E-state index contributed by atoms with van der Waals surface area (Å²) in [6.07, 6.45) is 1.62. The standard InChI is InChI=1S/C14H21NO2/c1-14(2)12(9-13(14)17)15-8-7-10-3-5-11(16)6-4-10/h3-6,12-13,15-17H,7-9H2,1-2H3. The van der Waals surface area contributed by atoms with Crippen molar-refractivity contribution in [2.24, 2.45) is 5.41 Å². The molecule has 1 aliphatic rings. The maximum Gasteiger partial charge on any atom is 0.115 e. The molecule has 0 heterocycles. The van der Waals surface area contributed by atoms with Crippen LogP contribution >= 0.6 is 0 Å². The zero-order valence-corrected chi connectivity index (χ0v) is 10.5. The van der Waals surface area contributed by atoms with E-state index in [1.54, 1.807) is 12.1 Å². The summed E-state index contributed by atoms with van der Waals surface area (Å²) in [5.74, 6) is 0.310. The average Bonchev–Trinajstić information content (AvgIpc) is 2.30. The molecule has 3 N–H and O–H groups in total. The Morgan fingerprint density at radius 2 is 1.94 bits per heavy atom. The summed E-state index contributed by atoms with van der Waals surface area (Å²) in [6, 6.07) is 7.73. The molecule has 0 spiro atoms. The fourth-order valence-electron chi connectivity index (χ4n) is 2.30. The van der Waals surface area contributed by atoms with Gasteiger partial charge in [-0.25, -0.2) is 0 Å². The Balaban J connectivity index is 1.75. The Labute approximate surface area is 102 Å². The molecule has 3 nitrogen and oxygen atoms in total. The van der Waals surface area contributed by atoms with Gasteiger partial charge in [0.25, 0.3) is 0 Å². The maximum atomic E-state index is 9.63. The first-order chi connectivity index (χ1) is 8.00. The Morgan fingerprint density at radius 1 is 1.29 bits per heavy atom. The summed E-state index contributed by atoms with van der Waals surface area (Å²) in [5.41, 5.74) is 1.21. The highest BCUT2D eigenvalue weighted by atomic mass is 16.3. The summed E-state index contributed by atoms with van der Waals surface area (Å²) < 4.78 is 0. The zero-order chi connectivity index (χ0) is 12.5. The van der Waals surface area contributed by atoms with Crippen LogP contribution in [0, 0.1) is 5.41 Å². The molecule has 0 bridgehead atoms. The fourth-order valence-corrected chi connectivity index (χ4v) is 2.30. The van der Waals surface area contributed by atoms with Crippen LogP contribution < -0.4 is 5.32 Å². The molecule has 0 aromatic heterocycles. The van der Waals surface area contributed by atoms with Crippen LogP contribution in [0.4, 0.5) is 0 Å². The van der Waals surface area contributed by atoms with Gasteiger partial charge in [0.05, 0.1) is 6.10 Å². The maximum absolute atomic E-state index is 9.63. The third-order valence-electron chi connectivity index (χ3n) is 3.96. The smallest absolute Gasteiger partial charge is 0.115 e. The minimum atomic E-state index is -0.173. The highest BCUT2D eigenvalue weighted by Gasteiger charge is 2.46. The number of aromatic hydroxyl groups is 1. The van der Waals surface area contributed by atoms with Crippen molar-refractivity contribution in [3.05, 3.63) is 29.8 Å². The molecule has 0 amide bonds. The molecule has 1 aromatic carbocycles. The average molecular weight is 235 g/mol. The Hall–Kier alpha value is -1.06. The Bertz CT molecular complexity index is 372. The lowest BCUT2D eigenvalue weighted by Gasteiger charge is -2.49. The third-order valence-corrected chi connectivity index (χ3v) is 3.96. The van der Waals surface area contributed by atoms with Crippen molar-refractivity contribution in [1.82, 2.24) is 5.32 Å². The van der Waals surface area contributed by atoms with Crippen LogP contribution in [0.1, 0.15) is 25.8 Å². The first-order valence-corrected chi connectivity index (χ1v) is 6.19. The molecule has 94 valence electrons. The molecule has 1 saturated carbocycles. The van der Waals surface area contributed by atoms with E-state index in [4.69, 9.17) is 0 Å². The van der Waals surface area contributed by atoms with E-state index in [0.29, 0.717) is 11.8 Å². The second-order valence-corrected chi connectivity index (χ2v) is 5.50. The highest BCUT2D eigenvalue weighted by molar-refractivity contribution is 5.26. The van der Waals surface area contributed by atoms with E-state index >= 15 is 0 Å². The van der Waals surface area contributed by atoms with Crippen LogP contribution in [0.3, 0.4) is 0 Å². The topological polar surface area (TPSA) is 52.5 Å². The number of rotatable bonds is 4. The van der Waals surface area contributed by atoms with Crippen molar-refractivity contribution >= 4 is 0 Å². The largest absolute Gasteiger partial charge is 0.508 e. The number of aliphatic hydroxyl groups is 1. The summed E-state index contributed by atoms with van der Waals surface area (Å²) >= 11 is 0. The number of hydrogen-bond donors (Lipinski definition) is 3. The zero-order valence-electron chi connectivity index (χ0n) is 10.5. The van der Waals surface area contributed by atoms with Crippen LogP contribution in [0.5, 0.6) is 5.75 Å². The predicted octanol–water partition coefficient (Wildman–Crippen LogP) is 1.68. The van der Waals surface area contributed by atoms with E-state index in [9.17, 15) is 10.2 Å². The number of phenolic OH excluding ortho intramolecular Hbond substituents is 1. The van der Waals surface area contributed by atoms with E-state index in [2.05, 4.69) is 19.2 Å². The summed E-state index contributed by atoms with van der Waals surface area (Å²) in [4.78, 5) is 0. The summed E-state index contributed by atoms with van der Waals surface area (Å²) in [7, 11) is 0. The minimum absolute atomic E-state index is 0.00500. The van der Waals surface area contributed by atoms with E-state index in [0.717, 1.165) is 19.4 Å². The van der Waals surface area contributed by atoms with Gasteiger partial charge in [-0.05, 0) is 37.1 Å². The lowest BCUT2D eigenvalue weighted by molar-refractivity contribution is -0.0720. The first-order valence-electron chi connectivity index (χ1n) is 6.19. The molecule has 2 rings (SSSR count). The molecule has 2 atom stereocenters. The fraction of sp³-hybridized carbons (Fsp3) is 0.571.